The van der Waals surface area contributed by atoms with Crippen LogP contribution in [-0.4, -0.2) is 30.2 Å². The monoisotopic (exact) mass is 441 g/mol. The summed E-state index contributed by atoms with van der Waals surface area (Å²) in [4.78, 5) is 37.7. The molecule has 0 radical (unpaired) electrons. The summed E-state index contributed by atoms with van der Waals surface area (Å²) in [5.74, 6) is -0.760. The Balaban J connectivity index is 1.66. The Bertz CT molecular complexity index is 1030. The van der Waals surface area contributed by atoms with Gasteiger partial charge in [-0.25, -0.2) is 4.79 Å². The number of carbonyl (C=O) groups excluding carboxylic acids is 3. The molecular weight excluding hydrogens is 422 g/mol. The predicted octanol–water partition coefficient (Wildman–Crippen LogP) is 4.87. The van der Waals surface area contributed by atoms with Crippen LogP contribution in [0.2, 0.25) is 0 Å². The van der Waals surface area contributed by atoms with E-state index >= 15 is 0 Å². The van der Waals surface area contributed by atoms with Gasteiger partial charge in [0.15, 0.2) is 0 Å². The standard InChI is InChI=1S/C22H19NO5S2/c1-14(21(25)27-2)30-18-7-4-3-6-17(18)22(26)28-16-11-9-15(10-12-16)23-20(24)19-8-5-13-29-19/h3-14H,1-2H3,(H,23,24). The van der Waals surface area contributed by atoms with E-state index < -0.39 is 11.2 Å². The van der Waals surface area contributed by atoms with Crippen molar-refractivity contribution in [3.05, 3.63) is 76.5 Å². The van der Waals surface area contributed by atoms with E-state index in [1.54, 1.807) is 61.5 Å². The third-order valence-electron chi connectivity index (χ3n) is 4.01. The highest BCUT2D eigenvalue weighted by atomic mass is 32.2. The molecule has 0 saturated heterocycles. The van der Waals surface area contributed by atoms with Crippen molar-refractivity contribution in [3.8, 4) is 5.75 Å². The Hall–Kier alpha value is -3.10. The topological polar surface area (TPSA) is 81.7 Å². The van der Waals surface area contributed by atoms with Crippen LogP contribution in [0.25, 0.3) is 0 Å². The lowest BCUT2D eigenvalue weighted by atomic mass is 10.2. The molecule has 1 amide bonds. The summed E-state index contributed by atoms with van der Waals surface area (Å²) < 4.78 is 10.2. The number of benzene rings is 2. The molecule has 1 unspecified atom stereocenters. The third kappa shape index (κ3) is 5.49. The SMILES string of the molecule is COC(=O)C(C)Sc1ccccc1C(=O)Oc1ccc(NC(=O)c2cccs2)cc1. The van der Waals surface area contributed by atoms with Crippen LogP contribution >= 0.6 is 23.1 Å². The second kappa shape index (κ2) is 10.1. The van der Waals surface area contributed by atoms with Crippen LogP contribution in [0.1, 0.15) is 27.0 Å². The molecule has 1 N–H and O–H groups in total. The molecule has 1 heterocycles. The van der Waals surface area contributed by atoms with Crippen molar-refractivity contribution in [1.29, 1.82) is 0 Å². The molecule has 0 aliphatic carbocycles. The number of methoxy groups -OCH3 is 1. The molecular formula is C22H19NO5S2. The zero-order valence-corrected chi connectivity index (χ0v) is 17.9. The first-order valence-electron chi connectivity index (χ1n) is 8.98. The van der Waals surface area contributed by atoms with Crippen molar-refractivity contribution in [2.75, 3.05) is 12.4 Å². The van der Waals surface area contributed by atoms with Gasteiger partial charge in [0.2, 0.25) is 0 Å². The third-order valence-corrected chi connectivity index (χ3v) is 6.04. The zero-order chi connectivity index (χ0) is 21.5. The summed E-state index contributed by atoms with van der Waals surface area (Å²) >= 11 is 2.58. The summed E-state index contributed by atoms with van der Waals surface area (Å²) in [7, 11) is 1.33. The van der Waals surface area contributed by atoms with Crippen LogP contribution in [0.3, 0.4) is 0 Å². The van der Waals surface area contributed by atoms with Gasteiger partial charge in [-0.1, -0.05) is 18.2 Å². The number of ether oxygens (including phenoxy) is 2. The van der Waals surface area contributed by atoms with E-state index in [2.05, 4.69) is 5.32 Å². The number of esters is 2. The number of amides is 1. The van der Waals surface area contributed by atoms with Gasteiger partial charge in [0.1, 0.15) is 11.0 Å². The molecule has 154 valence electrons. The van der Waals surface area contributed by atoms with Crippen molar-refractivity contribution in [2.45, 2.75) is 17.1 Å². The molecule has 1 atom stereocenters. The van der Waals surface area contributed by atoms with E-state index in [-0.39, 0.29) is 11.9 Å². The number of hydrogen-bond donors (Lipinski definition) is 1. The van der Waals surface area contributed by atoms with Crippen LogP contribution in [0.4, 0.5) is 5.69 Å². The minimum absolute atomic E-state index is 0.194. The molecule has 2 aromatic carbocycles. The Labute approximate surface area is 182 Å². The highest BCUT2D eigenvalue weighted by molar-refractivity contribution is 8.00. The van der Waals surface area contributed by atoms with E-state index in [4.69, 9.17) is 9.47 Å². The van der Waals surface area contributed by atoms with E-state index in [1.165, 1.54) is 30.2 Å². The van der Waals surface area contributed by atoms with Crippen molar-refractivity contribution in [2.24, 2.45) is 0 Å². The Morgan fingerprint density at radius 1 is 1.00 bits per heavy atom. The molecule has 6 nitrogen and oxygen atoms in total. The maximum Gasteiger partial charge on any atom is 0.344 e. The average molecular weight is 442 g/mol. The van der Waals surface area contributed by atoms with Gasteiger partial charge < -0.3 is 14.8 Å². The first-order valence-corrected chi connectivity index (χ1v) is 10.7. The largest absolute Gasteiger partial charge is 0.468 e. The Kier molecular flexibility index (Phi) is 7.26. The molecule has 0 spiro atoms. The molecule has 0 bridgehead atoms. The van der Waals surface area contributed by atoms with Crippen molar-refractivity contribution >= 4 is 46.6 Å². The number of rotatable bonds is 7. The minimum atomic E-state index is -0.537. The van der Waals surface area contributed by atoms with Gasteiger partial charge in [0, 0.05) is 10.6 Å². The van der Waals surface area contributed by atoms with Crippen LogP contribution in [0.5, 0.6) is 5.75 Å². The minimum Gasteiger partial charge on any atom is -0.468 e. The van der Waals surface area contributed by atoms with E-state index in [0.29, 0.717) is 26.8 Å². The number of thiophene rings is 1. The van der Waals surface area contributed by atoms with Gasteiger partial charge in [-0.05, 0) is 54.8 Å². The zero-order valence-electron chi connectivity index (χ0n) is 16.3. The van der Waals surface area contributed by atoms with Gasteiger partial charge in [-0.15, -0.1) is 23.1 Å². The summed E-state index contributed by atoms with van der Waals surface area (Å²) in [6.45, 7) is 1.71. The molecule has 3 rings (SSSR count). The number of carbonyl (C=O) groups is 3. The second-order valence-corrected chi connectivity index (χ2v) is 8.46. The lowest BCUT2D eigenvalue weighted by molar-refractivity contribution is -0.139. The van der Waals surface area contributed by atoms with Crippen LogP contribution in [0, 0.1) is 0 Å². The molecule has 1 aromatic heterocycles. The smallest absolute Gasteiger partial charge is 0.344 e. The number of hydrogen-bond acceptors (Lipinski definition) is 7. The highest BCUT2D eigenvalue weighted by Crippen LogP contribution is 2.28. The normalized spacial score (nSPS) is 11.4. The summed E-state index contributed by atoms with van der Waals surface area (Å²) in [6.07, 6.45) is 0. The molecule has 8 heteroatoms. The summed E-state index contributed by atoms with van der Waals surface area (Å²) in [5, 5.41) is 4.16. The maximum absolute atomic E-state index is 12.7. The molecule has 0 aliphatic heterocycles. The highest BCUT2D eigenvalue weighted by Gasteiger charge is 2.20. The predicted molar refractivity (Wildman–Crippen MR) is 117 cm³/mol. The fourth-order valence-corrected chi connectivity index (χ4v) is 4.14. The van der Waals surface area contributed by atoms with E-state index in [1.807, 2.05) is 11.4 Å². The van der Waals surface area contributed by atoms with Crippen LogP contribution < -0.4 is 10.1 Å². The number of thioether (sulfide) groups is 1. The molecule has 30 heavy (non-hydrogen) atoms. The van der Waals surface area contributed by atoms with Crippen molar-refractivity contribution in [3.63, 3.8) is 0 Å². The van der Waals surface area contributed by atoms with E-state index in [0.717, 1.165) is 0 Å². The average Bonchev–Trinajstić information content (AvgIpc) is 3.30. The second-order valence-electron chi connectivity index (χ2n) is 6.12. The number of nitrogens with one attached hydrogen (secondary N) is 1. The Morgan fingerprint density at radius 3 is 2.40 bits per heavy atom. The molecule has 0 aliphatic rings. The van der Waals surface area contributed by atoms with Crippen LogP contribution in [0.15, 0.2) is 70.9 Å². The fourth-order valence-electron chi connectivity index (χ4n) is 2.51. The molecule has 0 saturated carbocycles. The van der Waals surface area contributed by atoms with Gasteiger partial charge in [0.05, 0.1) is 17.6 Å². The van der Waals surface area contributed by atoms with Crippen LogP contribution in [-0.2, 0) is 9.53 Å². The lowest BCUT2D eigenvalue weighted by Gasteiger charge is -2.12. The lowest BCUT2D eigenvalue weighted by Crippen LogP contribution is -2.16. The first kappa shape index (κ1) is 21.6. The van der Waals surface area contributed by atoms with E-state index in [9.17, 15) is 14.4 Å². The first-order chi connectivity index (χ1) is 14.5. The molecule has 0 fully saturated rings. The Morgan fingerprint density at radius 2 is 1.73 bits per heavy atom. The molecule has 3 aromatic rings. The summed E-state index contributed by atoms with van der Waals surface area (Å²) in [6, 6.07) is 17.0. The quantitative estimate of drug-likeness (QED) is 0.320. The summed E-state index contributed by atoms with van der Waals surface area (Å²) in [5.41, 5.74) is 0.949. The van der Waals surface area contributed by atoms with Crippen molar-refractivity contribution < 1.29 is 23.9 Å². The number of anilines is 1. The van der Waals surface area contributed by atoms with Gasteiger partial charge >= 0.3 is 11.9 Å². The fraction of sp³-hybridized carbons (Fsp3) is 0.136. The van der Waals surface area contributed by atoms with Gasteiger partial charge in [-0.2, -0.15) is 0 Å². The van der Waals surface area contributed by atoms with Crippen molar-refractivity contribution in [1.82, 2.24) is 0 Å². The van der Waals surface area contributed by atoms with Gasteiger partial charge in [0.25, 0.3) is 5.91 Å². The van der Waals surface area contributed by atoms with Gasteiger partial charge in [-0.3, -0.25) is 9.59 Å². The maximum atomic E-state index is 12.7.